The first-order valence-electron chi connectivity index (χ1n) is 7.57. The fourth-order valence-electron chi connectivity index (χ4n) is 2.50. The summed E-state index contributed by atoms with van der Waals surface area (Å²) >= 11 is 0.187. The summed E-state index contributed by atoms with van der Waals surface area (Å²) in [4.78, 5) is 15.9. The van der Waals surface area contributed by atoms with Gasteiger partial charge in [-0.05, 0) is 30.0 Å². The van der Waals surface area contributed by atoms with Crippen molar-refractivity contribution in [3.05, 3.63) is 23.3 Å². The van der Waals surface area contributed by atoms with Crippen molar-refractivity contribution in [3.63, 3.8) is 0 Å². The van der Waals surface area contributed by atoms with Gasteiger partial charge < -0.3 is 14.2 Å². The van der Waals surface area contributed by atoms with Crippen LogP contribution in [0.4, 0.5) is 13.2 Å². The van der Waals surface area contributed by atoms with Crippen LogP contribution in [0.15, 0.2) is 27.8 Å². The number of nitrogens with one attached hydrogen (secondary N) is 1. The number of nitrogens with zero attached hydrogens (tertiary/aromatic N) is 3. The van der Waals surface area contributed by atoms with Crippen molar-refractivity contribution in [2.75, 3.05) is 21.3 Å². The molecule has 0 aromatic heterocycles. The number of hydrazone groups is 1. The smallest absolute Gasteiger partial charge is 0.441 e. The number of aliphatic imine (C=N–C) groups is 1. The zero-order valence-electron chi connectivity index (χ0n) is 14.7. The lowest BCUT2D eigenvalue weighted by atomic mass is 10.1. The third-order valence-electron chi connectivity index (χ3n) is 3.73. The van der Waals surface area contributed by atoms with Crippen molar-refractivity contribution in [3.8, 4) is 17.2 Å². The lowest BCUT2D eigenvalue weighted by Crippen LogP contribution is -2.35. The van der Waals surface area contributed by atoms with Gasteiger partial charge in [-0.15, -0.1) is 0 Å². The number of fused-ring (bicyclic) bond motifs is 1. The van der Waals surface area contributed by atoms with E-state index in [-0.39, 0.29) is 34.0 Å². The predicted molar refractivity (Wildman–Crippen MR) is 97.2 cm³/mol. The Labute approximate surface area is 161 Å². The van der Waals surface area contributed by atoms with Gasteiger partial charge in [0, 0.05) is 5.56 Å². The number of methoxy groups -OCH3 is 3. The second kappa shape index (κ2) is 7.19. The first-order chi connectivity index (χ1) is 13.2. The molecule has 0 bridgehead atoms. The van der Waals surface area contributed by atoms with Gasteiger partial charge >= 0.3 is 6.18 Å². The Hall–Kier alpha value is -3.02. The van der Waals surface area contributed by atoms with E-state index in [1.165, 1.54) is 27.4 Å². The molecule has 1 amide bonds. The van der Waals surface area contributed by atoms with E-state index in [2.05, 4.69) is 10.1 Å². The average molecular weight is 414 g/mol. The van der Waals surface area contributed by atoms with Crippen molar-refractivity contribution in [2.24, 2.45) is 10.1 Å². The molecule has 1 N–H and O–H groups in total. The Morgan fingerprint density at radius 2 is 1.82 bits per heavy atom. The first-order valence-corrected chi connectivity index (χ1v) is 8.39. The molecule has 2 aliphatic heterocycles. The number of thioether (sulfide) groups is 1. The first kappa shape index (κ1) is 19.7. The summed E-state index contributed by atoms with van der Waals surface area (Å²) in [6, 6.07) is 3.11. The van der Waals surface area contributed by atoms with E-state index in [1.54, 1.807) is 12.1 Å². The Morgan fingerprint density at radius 1 is 1.14 bits per heavy atom. The molecule has 0 saturated carbocycles. The fourth-order valence-corrected chi connectivity index (χ4v) is 3.26. The standard InChI is InChI=1S/C16H13F3N4O4S/c1-25-9-5-4-7(10(26-2)11(9)27-3)6-8-12(20)23-15(21-13(8)24)28-14(22-23)16(17,18)19/h4-6,20H,1-3H3. The van der Waals surface area contributed by atoms with Gasteiger partial charge in [-0.25, -0.2) is 0 Å². The van der Waals surface area contributed by atoms with Crippen LogP contribution in [0.5, 0.6) is 17.2 Å². The highest BCUT2D eigenvalue weighted by Gasteiger charge is 2.46. The second-order valence-electron chi connectivity index (χ2n) is 5.35. The molecule has 1 aromatic carbocycles. The van der Waals surface area contributed by atoms with E-state index in [0.29, 0.717) is 16.3 Å². The molecule has 3 rings (SSSR count). The molecule has 0 radical (unpaired) electrons. The van der Waals surface area contributed by atoms with E-state index in [0.717, 1.165) is 0 Å². The predicted octanol–water partition coefficient (Wildman–Crippen LogP) is 2.89. The monoisotopic (exact) mass is 414 g/mol. The van der Waals surface area contributed by atoms with E-state index in [9.17, 15) is 18.0 Å². The number of amidine groups is 2. The number of hydrogen-bond donors (Lipinski definition) is 1. The molecule has 0 atom stereocenters. The lowest BCUT2D eigenvalue weighted by Gasteiger charge is -2.20. The van der Waals surface area contributed by atoms with Gasteiger partial charge in [0.1, 0.15) is 0 Å². The van der Waals surface area contributed by atoms with Crippen LogP contribution >= 0.6 is 11.8 Å². The van der Waals surface area contributed by atoms with Crippen molar-refractivity contribution in [1.29, 1.82) is 5.41 Å². The highest BCUT2D eigenvalue weighted by Crippen LogP contribution is 2.41. The van der Waals surface area contributed by atoms with Crippen molar-refractivity contribution in [1.82, 2.24) is 5.01 Å². The van der Waals surface area contributed by atoms with Gasteiger partial charge in [0.05, 0.1) is 26.9 Å². The van der Waals surface area contributed by atoms with Crippen molar-refractivity contribution >= 4 is 39.8 Å². The third kappa shape index (κ3) is 3.30. The number of halogens is 3. The molecule has 28 heavy (non-hydrogen) atoms. The van der Waals surface area contributed by atoms with Crippen molar-refractivity contribution in [2.45, 2.75) is 6.18 Å². The Balaban J connectivity index is 2.06. The van der Waals surface area contributed by atoms with Crippen molar-refractivity contribution < 1.29 is 32.2 Å². The molecular weight excluding hydrogens is 401 g/mol. The summed E-state index contributed by atoms with van der Waals surface area (Å²) < 4.78 is 54.4. The molecule has 0 saturated heterocycles. The highest BCUT2D eigenvalue weighted by molar-refractivity contribution is 8.27. The summed E-state index contributed by atoms with van der Waals surface area (Å²) in [7, 11) is 4.21. The summed E-state index contributed by atoms with van der Waals surface area (Å²) in [5.41, 5.74) is 0.0980. The van der Waals surface area contributed by atoms with Crippen LogP contribution in [0.2, 0.25) is 0 Å². The topological polar surface area (TPSA) is 96.6 Å². The molecule has 2 aliphatic rings. The number of carbonyl (C=O) groups is 1. The average Bonchev–Trinajstić information content (AvgIpc) is 3.08. The van der Waals surface area contributed by atoms with E-state index < -0.39 is 23.0 Å². The van der Waals surface area contributed by atoms with Gasteiger partial charge in [0.25, 0.3) is 5.91 Å². The van der Waals surface area contributed by atoms with Crippen LogP contribution in [0.25, 0.3) is 6.08 Å². The summed E-state index contributed by atoms with van der Waals surface area (Å²) in [5.74, 6) is -0.535. The van der Waals surface area contributed by atoms with Gasteiger partial charge in [0.2, 0.25) is 16.0 Å². The minimum atomic E-state index is -4.70. The second-order valence-corrected chi connectivity index (χ2v) is 6.30. The number of benzene rings is 1. The van der Waals surface area contributed by atoms with Gasteiger partial charge in [0.15, 0.2) is 17.3 Å². The van der Waals surface area contributed by atoms with Gasteiger partial charge in [-0.3, -0.25) is 10.2 Å². The number of amides is 1. The Morgan fingerprint density at radius 3 is 2.39 bits per heavy atom. The highest BCUT2D eigenvalue weighted by atomic mass is 32.2. The van der Waals surface area contributed by atoms with E-state index in [1.807, 2.05) is 0 Å². The molecule has 0 unspecified atom stereocenters. The number of ether oxygens (including phenoxy) is 3. The maximum Gasteiger partial charge on any atom is 0.441 e. The van der Waals surface area contributed by atoms with Crippen LogP contribution in [-0.2, 0) is 4.79 Å². The molecule has 148 valence electrons. The zero-order chi connectivity index (χ0) is 20.6. The molecule has 1 aromatic rings. The summed E-state index contributed by atoms with van der Waals surface area (Å²) in [6.45, 7) is 0. The molecule has 12 heteroatoms. The molecule has 0 fully saturated rings. The number of rotatable bonds is 4. The van der Waals surface area contributed by atoms with E-state index >= 15 is 0 Å². The summed E-state index contributed by atoms with van der Waals surface area (Å²) in [5, 5.41) is 10.6. The Kier molecular flexibility index (Phi) is 5.06. The molecule has 2 heterocycles. The van der Waals surface area contributed by atoms with Crippen LogP contribution in [-0.4, -0.2) is 54.5 Å². The number of carbonyl (C=O) groups excluding carboxylic acids is 1. The zero-order valence-corrected chi connectivity index (χ0v) is 15.6. The number of alkyl halides is 3. The van der Waals surface area contributed by atoms with Crippen LogP contribution in [0, 0.1) is 5.41 Å². The normalized spacial score (nSPS) is 18.1. The number of hydrogen-bond acceptors (Lipinski definition) is 7. The van der Waals surface area contributed by atoms with Crippen LogP contribution in [0.1, 0.15) is 5.56 Å². The maximum atomic E-state index is 12.9. The van der Waals surface area contributed by atoms with Gasteiger partial charge in [-0.2, -0.15) is 28.3 Å². The lowest BCUT2D eigenvalue weighted by molar-refractivity contribution is -0.114. The minimum Gasteiger partial charge on any atom is -0.493 e. The summed E-state index contributed by atoms with van der Waals surface area (Å²) in [6.07, 6.45) is -3.43. The molecule has 0 aliphatic carbocycles. The minimum absolute atomic E-state index is 0.187. The SMILES string of the molecule is COc1ccc(C=C2C(=N)N3N=C(C(F)(F)F)SC3=NC2=O)c(OC)c1OC. The molecule has 8 nitrogen and oxygen atoms in total. The quantitative estimate of drug-likeness (QED) is 0.761. The van der Waals surface area contributed by atoms with Crippen LogP contribution < -0.4 is 14.2 Å². The Bertz CT molecular complexity index is 956. The maximum absolute atomic E-state index is 12.9. The molecule has 0 spiro atoms. The molecular formula is C16H13F3N4O4S. The largest absolute Gasteiger partial charge is 0.493 e. The fraction of sp³-hybridized carbons (Fsp3) is 0.250. The van der Waals surface area contributed by atoms with E-state index in [4.69, 9.17) is 19.6 Å². The van der Waals surface area contributed by atoms with Crippen LogP contribution in [0.3, 0.4) is 0 Å². The third-order valence-corrected chi connectivity index (χ3v) is 4.68. The van der Waals surface area contributed by atoms with Gasteiger partial charge in [-0.1, -0.05) is 0 Å².